The molecule has 1 saturated heterocycles. The first-order chi connectivity index (χ1) is 17.3. The Hall–Kier alpha value is -3.77. The van der Waals surface area contributed by atoms with Crippen LogP contribution in [0.2, 0.25) is 0 Å². The molecule has 8 nitrogen and oxygen atoms in total. The molecule has 4 rings (SSSR count). The number of hydrogen-bond donors (Lipinski definition) is 0. The molecule has 2 aromatic heterocycles. The van der Waals surface area contributed by atoms with Gasteiger partial charge >= 0.3 is 0 Å². The number of nitriles is 1. The second kappa shape index (κ2) is 10.9. The molecule has 9 heteroatoms. The predicted molar refractivity (Wildman–Crippen MR) is 132 cm³/mol. The molecular formula is C27H30FN5O3. The molecule has 1 aliphatic rings. The Labute approximate surface area is 210 Å². The minimum absolute atomic E-state index is 0.0845. The number of likely N-dealkylation sites (tertiary alicyclic amines) is 1. The van der Waals surface area contributed by atoms with Crippen LogP contribution in [-0.4, -0.2) is 52.3 Å². The Bertz CT molecular complexity index is 1320. The number of nitrogens with zero attached hydrogens (tertiary/aromatic N) is 5. The van der Waals surface area contributed by atoms with Crippen molar-refractivity contribution in [2.24, 2.45) is 0 Å². The van der Waals surface area contributed by atoms with Crippen LogP contribution in [0.3, 0.4) is 0 Å². The van der Waals surface area contributed by atoms with Gasteiger partial charge in [0.1, 0.15) is 17.5 Å². The van der Waals surface area contributed by atoms with Gasteiger partial charge in [-0.15, -0.1) is 0 Å². The van der Waals surface area contributed by atoms with E-state index in [9.17, 15) is 14.4 Å². The average molecular weight is 492 g/mol. The number of carbonyl (C=O) groups excluding carboxylic acids is 1. The van der Waals surface area contributed by atoms with Crippen molar-refractivity contribution in [3.8, 4) is 17.5 Å². The fraction of sp³-hybridized carbons (Fsp3) is 0.407. The SMILES string of the molecule is COCC(C)n1c(C)cc(/C=C(/C#N)C(=O)N2CCCC(c3nc(-c4cccc(F)c4)no3)C2)c1C. The van der Waals surface area contributed by atoms with Gasteiger partial charge in [0.25, 0.3) is 5.91 Å². The molecule has 0 bridgehead atoms. The number of benzene rings is 1. The van der Waals surface area contributed by atoms with E-state index in [2.05, 4.69) is 27.7 Å². The lowest BCUT2D eigenvalue weighted by Gasteiger charge is -2.30. The molecule has 1 fully saturated rings. The van der Waals surface area contributed by atoms with Crippen molar-refractivity contribution < 1.29 is 18.4 Å². The van der Waals surface area contributed by atoms with Gasteiger partial charge in [0, 0.05) is 37.2 Å². The molecule has 0 N–H and O–H groups in total. The van der Waals surface area contributed by atoms with Gasteiger partial charge in [-0.2, -0.15) is 10.2 Å². The van der Waals surface area contributed by atoms with Crippen LogP contribution in [0.15, 0.2) is 40.4 Å². The van der Waals surface area contributed by atoms with E-state index in [4.69, 9.17) is 9.26 Å². The van der Waals surface area contributed by atoms with E-state index >= 15 is 0 Å². The molecule has 0 saturated carbocycles. The minimum Gasteiger partial charge on any atom is -0.383 e. The number of aryl methyl sites for hydroxylation is 1. The number of piperidine rings is 1. The topological polar surface area (TPSA) is 97.2 Å². The van der Waals surface area contributed by atoms with E-state index in [1.54, 1.807) is 30.2 Å². The summed E-state index contributed by atoms with van der Waals surface area (Å²) in [6.07, 6.45) is 3.19. The summed E-state index contributed by atoms with van der Waals surface area (Å²) in [5.41, 5.74) is 3.47. The highest BCUT2D eigenvalue weighted by Gasteiger charge is 2.30. The molecule has 188 valence electrons. The second-order valence-electron chi connectivity index (χ2n) is 9.23. The Balaban J connectivity index is 1.52. The van der Waals surface area contributed by atoms with Crippen LogP contribution in [0, 0.1) is 31.0 Å². The van der Waals surface area contributed by atoms with Gasteiger partial charge in [0.2, 0.25) is 11.7 Å². The van der Waals surface area contributed by atoms with E-state index in [-0.39, 0.29) is 29.3 Å². The predicted octanol–water partition coefficient (Wildman–Crippen LogP) is 4.81. The highest BCUT2D eigenvalue weighted by molar-refractivity contribution is 6.02. The smallest absolute Gasteiger partial charge is 0.264 e. The number of aromatic nitrogens is 3. The zero-order chi connectivity index (χ0) is 25.8. The maximum atomic E-state index is 13.6. The normalized spacial score (nSPS) is 17.2. The van der Waals surface area contributed by atoms with Gasteiger partial charge in [0.15, 0.2) is 0 Å². The summed E-state index contributed by atoms with van der Waals surface area (Å²) in [7, 11) is 1.67. The number of methoxy groups -OCH3 is 1. The van der Waals surface area contributed by atoms with E-state index in [0.717, 1.165) is 29.8 Å². The lowest BCUT2D eigenvalue weighted by molar-refractivity contribution is -0.127. The number of rotatable bonds is 7. The molecule has 1 aliphatic heterocycles. The summed E-state index contributed by atoms with van der Waals surface area (Å²) >= 11 is 0. The van der Waals surface area contributed by atoms with Crippen molar-refractivity contribution in [2.75, 3.05) is 26.8 Å². The third-order valence-corrected chi connectivity index (χ3v) is 6.61. The van der Waals surface area contributed by atoms with E-state index in [1.807, 2.05) is 19.9 Å². The first-order valence-electron chi connectivity index (χ1n) is 12.0. The Morgan fingerprint density at radius 1 is 1.39 bits per heavy atom. The van der Waals surface area contributed by atoms with Gasteiger partial charge < -0.3 is 18.7 Å². The van der Waals surface area contributed by atoms with Crippen LogP contribution in [0.4, 0.5) is 4.39 Å². The molecule has 3 aromatic rings. The molecular weight excluding hydrogens is 461 g/mol. The van der Waals surface area contributed by atoms with E-state index in [1.165, 1.54) is 12.1 Å². The van der Waals surface area contributed by atoms with Crippen LogP contribution in [0.1, 0.15) is 54.6 Å². The summed E-state index contributed by atoms with van der Waals surface area (Å²) in [5, 5.41) is 13.8. The lowest BCUT2D eigenvalue weighted by atomic mass is 9.97. The maximum Gasteiger partial charge on any atom is 0.264 e. The molecule has 36 heavy (non-hydrogen) atoms. The molecule has 2 atom stereocenters. The molecule has 0 radical (unpaired) electrons. The Morgan fingerprint density at radius 2 is 2.19 bits per heavy atom. The fourth-order valence-electron chi connectivity index (χ4n) is 4.92. The largest absolute Gasteiger partial charge is 0.383 e. The first-order valence-corrected chi connectivity index (χ1v) is 12.0. The highest BCUT2D eigenvalue weighted by Crippen LogP contribution is 2.29. The van der Waals surface area contributed by atoms with E-state index in [0.29, 0.717) is 37.0 Å². The first kappa shape index (κ1) is 25.3. The van der Waals surface area contributed by atoms with Crippen LogP contribution < -0.4 is 0 Å². The zero-order valence-corrected chi connectivity index (χ0v) is 21.0. The van der Waals surface area contributed by atoms with Crippen molar-refractivity contribution in [1.29, 1.82) is 5.26 Å². The Morgan fingerprint density at radius 3 is 2.92 bits per heavy atom. The molecule has 0 aliphatic carbocycles. The molecule has 1 aromatic carbocycles. The van der Waals surface area contributed by atoms with Gasteiger partial charge in [-0.25, -0.2) is 4.39 Å². The third-order valence-electron chi connectivity index (χ3n) is 6.61. The molecule has 0 spiro atoms. The van der Waals surface area contributed by atoms with Crippen molar-refractivity contribution in [2.45, 2.75) is 45.6 Å². The van der Waals surface area contributed by atoms with Crippen molar-refractivity contribution >= 4 is 12.0 Å². The maximum absolute atomic E-state index is 13.6. The molecule has 3 heterocycles. The summed E-state index contributed by atoms with van der Waals surface area (Å²) in [4.78, 5) is 19.4. The molecule has 2 unspecified atom stereocenters. The number of ether oxygens (including phenoxy) is 1. The minimum atomic E-state index is -0.377. The fourth-order valence-corrected chi connectivity index (χ4v) is 4.92. The van der Waals surface area contributed by atoms with Crippen molar-refractivity contribution in [1.82, 2.24) is 19.6 Å². The van der Waals surface area contributed by atoms with Gasteiger partial charge in [-0.05, 0) is 63.5 Å². The highest BCUT2D eigenvalue weighted by atomic mass is 19.1. The number of halogens is 1. The lowest BCUT2D eigenvalue weighted by Crippen LogP contribution is -2.39. The third kappa shape index (κ3) is 5.24. The number of amides is 1. The standard InChI is InChI=1S/C27H30FN5O3/c1-17-11-22(19(3)33(17)18(2)16-35-4)12-23(14-29)27(34)32-10-6-8-21(15-32)26-30-25(31-36-26)20-7-5-9-24(28)13-20/h5,7,9,11-13,18,21H,6,8,10,15-16H2,1-4H3/b23-12-. The van der Waals surface area contributed by atoms with Gasteiger partial charge in [-0.1, -0.05) is 17.3 Å². The average Bonchev–Trinajstić information content (AvgIpc) is 3.47. The monoisotopic (exact) mass is 491 g/mol. The number of carbonyl (C=O) groups is 1. The Kier molecular flexibility index (Phi) is 7.65. The van der Waals surface area contributed by atoms with Crippen LogP contribution in [-0.2, 0) is 9.53 Å². The summed E-state index contributed by atoms with van der Waals surface area (Å²) in [6.45, 7) is 7.53. The van der Waals surface area contributed by atoms with Gasteiger partial charge in [0.05, 0.1) is 18.6 Å². The number of hydrogen-bond acceptors (Lipinski definition) is 6. The van der Waals surface area contributed by atoms with Crippen LogP contribution in [0.5, 0.6) is 0 Å². The second-order valence-corrected chi connectivity index (χ2v) is 9.23. The zero-order valence-electron chi connectivity index (χ0n) is 21.0. The van der Waals surface area contributed by atoms with Gasteiger partial charge in [-0.3, -0.25) is 4.79 Å². The summed E-state index contributed by atoms with van der Waals surface area (Å²) < 4.78 is 26.5. The quantitative estimate of drug-likeness (QED) is 0.347. The molecule has 1 amide bonds. The van der Waals surface area contributed by atoms with Crippen LogP contribution in [0.25, 0.3) is 17.5 Å². The van der Waals surface area contributed by atoms with E-state index < -0.39 is 0 Å². The van der Waals surface area contributed by atoms with Crippen molar-refractivity contribution in [3.63, 3.8) is 0 Å². The summed E-state index contributed by atoms with van der Waals surface area (Å²) in [5.74, 6) is -0.134. The van der Waals surface area contributed by atoms with Crippen LogP contribution >= 0.6 is 0 Å². The summed E-state index contributed by atoms with van der Waals surface area (Å²) in [6, 6.07) is 10.2. The van der Waals surface area contributed by atoms with Crippen molar-refractivity contribution in [3.05, 3.63) is 64.6 Å².